The molecule has 1 amide bonds. The Morgan fingerprint density at radius 2 is 1.49 bits per heavy atom. The summed E-state index contributed by atoms with van der Waals surface area (Å²) in [6.07, 6.45) is 1.37. The first kappa shape index (κ1) is 25.0. The standard InChI is InChI=1S/C27H28F2N2O3S/c28-23-11-12-25(29)26(19-23)35(33,34)31-17-14-22(15-18-31)27(32)30-16-13-24(20-7-3-1-4-8-20)21-9-5-2-6-10-21/h1-12,19,22,24H,13-18H2,(H,30,32). The minimum absolute atomic E-state index is 0.0764. The van der Waals surface area contributed by atoms with Crippen LogP contribution in [0, 0.1) is 17.6 Å². The Bertz CT molecular complexity index is 1210. The molecule has 0 aromatic heterocycles. The van der Waals surface area contributed by atoms with Gasteiger partial charge in [-0.1, -0.05) is 60.7 Å². The van der Waals surface area contributed by atoms with Crippen LogP contribution in [-0.4, -0.2) is 38.3 Å². The van der Waals surface area contributed by atoms with Gasteiger partial charge in [-0.25, -0.2) is 17.2 Å². The van der Waals surface area contributed by atoms with E-state index in [1.165, 1.54) is 11.1 Å². The quantitative estimate of drug-likeness (QED) is 0.490. The molecule has 3 aromatic carbocycles. The molecule has 8 heteroatoms. The van der Waals surface area contributed by atoms with Crippen molar-refractivity contribution in [2.75, 3.05) is 19.6 Å². The third kappa shape index (κ3) is 5.94. The van der Waals surface area contributed by atoms with Gasteiger partial charge in [0.1, 0.15) is 16.5 Å². The molecule has 0 spiro atoms. The maximum absolute atomic E-state index is 14.0. The molecule has 0 bridgehead atoms. The van der Waals surface area contributed by atoms with Gasteiger partial charge < -0.3 is 5.32 Å². The molecule has 0 unspecified atom stereocenters. The highest BCUT2D eigenvalue weighted by molar-refractivity contribution is 7.89. The highest BCUT2D eigenvalue weighted by Gasteiger charge is 2.33. The molecule has 0 radical (unpaired) electrons. The summed E-state index contributed by atoms with van der Waals surface area (Å²) in [4.78, 5) is 12.1. The topological polar surface area (TPSA) is 66.5 Å². The second-order valence-electron chi connectivity index (χ2n) is 8.71. The van der Waals surface area contributed by atoms with Crippen LogP contribution < -0.4 is 5.32 Å². The van der Waals surface area contributed by atoms with Crippen molar-refractivity contribution in [2.24, 2.45) is 5.92 Å². The molecule has 0 atom stereocenters. The fourth-order valence-electron chi connectivity index (χ4n) is 4.55. The van der Waals surface area contributed by atoms with E-state index in [-0.39, 0.29) is 30.8 Å². The molecule has 1 aliphatic rings. The number of sulfonamides is 1. The van der Waals surface area contributed by atoms with Gasteiger partial charge in [0.05, 0.1) is 0 Å². The molecular formula is C27H28F2N2O3S. The second kappa shape index (κ2) is 11.1. The summed E-state index contributed by atoms with van der Waals surface area (Å²) in [6, 6.07) is 22.7. The fraction of sp³-hybridized carbons (Fsp3) is 0.296. The van der Waals surface area contributed by atoms with E-state index >= 15 is 0 Å². The first-order valence-electron chi connectivity index (χ1n) is 11.7. The van der Waals surface area contributed by atoms with Crippen molar-refractivity contribution in [2.45, 2.75) is 30.1 Å². The zero-order valence-corrected chi connectivity index (χ0v) is 20.1. The summed E-state index contributed by atoms with van der Waals surface area (Å²) in [6.45, 7) is 0.639. The highest BCUT2D eigenvalue weighted by Crippen LogP contribution is 2.28. The summed E-state index contributed by atoms with van der Waals surface area (Å²) >= 11 is 0. The third-order valence-corrected chi connectivity index (χ3v) is 8.39. The predicted molar refractivity (Wildman–Crippen MR) is 130 cm³/mol. The number of nitrogens with one attached hydrogen (secondary N) is 1. The fourth-order valence-corrected chi connectivity index (χ4v) is 6.10. The van der Waals surface area contributed by atoms with E-state index in [4.69, 9.17) is 0 Å². The summed E-state index contributed by atoms with van der Waals surface area (Å²) in [5.74, 6) is -2.10. The van der Waals surface area contributed by atoms with Gasteiger partial charge in [-0.05, 0) is 48.6 Å². The lowest BCUT2D eigenvalue weighted by atomic mass is 9.88. The van der Waals surface area contributed by atoms with Crippen molar-refractivity contribution >= 4 is 15.9 Å². The minimum atomic E-state index is -4.17. The minimum Gasteiger partial charge on any atom is -0.356 e. The zero-order valence-electron chi connectivity index (χ0n) is 19.2. The summed E-state index contributed by atoms with van der Waals surface area (Å²) in [5.41, 5.74) is 2.35. The van der Waals surface area contributed by atoms with Gasteiger partial charge in [-0.2, -0.15) is 4.31 Å². The Kier molecular flexibility index (Phi) is 7.93. The average molecular weight is 499 g/mol. The van der Waals surface area contributed by atoms with Crippen molar-refractivity contribution in [3.8, 4) is 0 Å². The van der Waals surface area contributed by atoms with E-state index in [0.717, 1.165) is 22.9 Å². The number of halogens is 2. The average Bonchev–Trinajstić information content (AvgIpc) is 2.89. The summed E-state index contributed by atoms with van der Waals surface area (Å²) < 4.78 is 54.2. The van der Waals surface area contributed by atoms with E-state index in [1.807, 2.05) is 36.4 Å². The Morgan fingerprint density at radius 1 is 0.914 bits per heavy atom. The van der Waals surface area contributed by atoms with Crippen molar-refractivity contribution in [1.82, 2.24) is 9.62 Å². The van der Waals surface area contributed by atoms with Crippen molar-refractivity contribution in [1.29, 1.82) is 0 Å². The van der Waals surface area contributed by atoms with Crippen LogP contribution in [0.15, 0.2) is 83.8 Å². The zero-order chi connectivity index (χ0) is 24.8. The number of nitrogens with zero attached hydrogens (tertiary/aromatic N) is 1. The third-order valence-electron chi connectivity index (χ3n) is 6.47. The number of benzene rings is 3. The first-order valence-corrected chi connectivity index (χ1v) is 13.1. The molecular weight excluding hydrogens is 470 g/mol. The van der Waals surface area contributed by atoms with Gasteiger partial charge >= 0.3 is 0 Å². The van der Waals surface area contributed by atoms with Crippen LogP contribution in [0.1, 0.15) is 36.3 Å². The lowest BCUT2D eigenvalue weighted by molar-refractivity contribution is -0.126. The number of hydrogen-bond donors (Lipinski definition) is 1. The normalized spacial score (nSPS) is 15.3. The van der Waals surface area contributed by atoms with Gasteiger partial charge in [0, 0.05) is 31.5 Å². The highest BCUT2D eigenvalue weighted by atomic mass is 32.2. The van der Waals surface area contributed by atoms with Crippen molar-refractivity contribution in [3.63, 3.8) is 0 Å². The Morgan fingerprint density at radius 3 is 2.06 bits per heavy atom. The molecule has 3 aromatic rings. The molecule has 4 rings (SSSR count). The van der Waals surface area contributed by atoms with Crippen LogP contribution in [-0.2, 0) is 14.8 Å². The Balaban J connectivity index is 1.33. The van der Waals surface area contributed by atoms with Gasteiger partial charge in [0.2, 0.25) is 15.9 Å². The molecule has 1 fully saturated rings. The SMILES string of the molecule is O=C(NCCC(c1ccccc1)c1ccccc1)C1CCN(S(=O)(=O)c2cc(F)ccc2F)CC1. The molecule has 1 aliphatic heterocycles. The van der Waals surface area contributed by atoms with Crippen LogP contribution in [0.5, 0.6) is 0 Å². The molecule has 1 N–H and O–H groups in total. The van der Waals surface area contributed by atoms with E-state index in [0.29, 0.717) is 25.5 Å². The molecule has 35 heavy (non-hydrogen) atoms. The van der Waals surface area contributed by atoms with Crippen LogP contribution in [0.25, 0.3) is 0 Å². The molecule has 0 saturated carbocycles. The second-order valence-corrected chi connectivity index (χ2v) is 10.6. The van der Waals surface area contributed by atoms with Crippen LogP contribution in [0.2, 0.25) is 0 Å². The molecule has 1 heterocycles. The molecule has 1 saturated heterocycles. The smallest absolute Gasteiger partial charge is 0.246 e. The van der Waals surface area contributed by atoms with E-state index in [1.54, 1.807) is 0 Å². The van der Waals surface area contributed by atoms with Crippen molar-refractivity contribution < 1.29 is 22.0 Å². The maximum Gasteiger partial charge on any atom is 0.246 e. The van der Waals surface area contributed by atoms with E-state index in [9.17, 15) is 22.0 Å². The summed E-state index contributed by atoms with van der Waals surface area (Å²) in [5, 5.41) is 3.01. The van der Waals surface area contributed by atoms with Crippen LogP contribution in [0.3, 0.4) is 0 Å². The summed E-state index contributed by atoms with van der Waals surface area (Å²) in [7, 11) is -4.17. The molecule has 184 valence electrons. The van der Waals surface area contributed by atoms with Gasteiger partial charge in [-0.15, -0.1) is 0 Å². The monoisotopic (exact) mass is 498 g/mol. The lowest BCUT2D eigenvalue weighted by Crippen LogP contribution is -2.43. The molecule has 5 nitrogen and oxygen atoms in total. The Labute approximate surface area is 204 Å². The van der Waals surface area contributed by atoms with Gasteiger partial charge in [0.25, 0.3) is 0 Å². The van der Waals surface area contributed by atoms with Crippen molar-refractivity contribution in [3.05, 3.63) is 102 Å². The number of rotatable bonds is 8. The van der Waals surface area contributed by atoms with Crippen LogP contribution in [0.4, 0.5) is 8.78 Å². The number of carbonyl (C=O) groups is 1. The van der Waals surface area contributed by atoms with E-state index < -0.39 is 26.6 Å². The lowest BCUT2D eigenvalue weighted by Gasteiger charge is -2.30. The molecule has 0 aliphatic carbocycles. The maximum atomic E-state index is 14.0. The van der Waals surface area contributed by atoms with E-state index in [2.05, 4.69) is 29.6 Å². The largest absolute Gasteiger partial charge is 0.356 e. The van der Waals surface area contributed by atoms with Gasteiger partial charge in [-0.3, -0.25) is 4.79 Å². The van der Waals surface area contributed by atoms with Gasteiger partial charge in [0.15, 0.2) is 0 Å². The predicted octanol–water partition coefficient (Wildman–Crippen LogP) is 4.70. The first-order chi connectivity index (χ1) is 16.9. The Hall–Kier alpha value is -3.10. The number of carbonyl (C=O) groups excluding carboxylic acids is 1. The number of piperidine rings is 1. The number of hydrogen-bond acceptors (Lipinski definition) is 3. The number of amides is 1. The van der Waals surface area contributed by atoms with Crippen LogP contribution >= 0.6 is 0 Å².